The molecule has 1 aromatic heterocycles. The minimum Gasteiger partial charge on any atom is -0.378 e. The van der Waals surface area contributed by atoms with Crippen LogP contribution in [0, 0.1) is 0 Å². The first-order chi connectivity index (χ1) is 13.6. The van der Waals surface area contributed by atoms with Crippen molar-refractivity contribution in [2.45, 2.75) is 19.8 Å². The Morgan fingerprint density at radius 2 is 1.86 bits per heavy atom. The molecule has 0 spiro atoms. The Morgan fingerprint density at radius 1 is 1.11 bits per heavy atom. The van der Waals surface area contributed by atoms with Gasteiger partial charge in [0.1, 0.15) is 0 Å². The Morgan fingerprint density at radius 3 is 2.54 bits per heavy atom. The molecule has 0 fully saturated rings. The van der Waals surface area contributed by atoms with Crippen molar-refractivity contribution >= 4 is 50.1 Å². The van der Waals surface area contributed by atoms with Crippen LogP contribution in [0.3, 0.4) is 0 Å². The number of benzene rings is 2. The lowest BCUT2D eigenvalue weighted by molar-refractivity contribution is -0.114. The third-order valence-electron chi connectivity index (χ3n) is 4.63. The van der Waals surface area contributed by atoms with Crippen molar-refractivity contribution in [1.82, 2.24) is 4.98 Å². The maximum absolute atomic E-state index is 13.1. The number of para-hydroxylation sites is 1. The maximum atomic E-state index is 13.1. The van der Waals surface area contributed by atoms with Crippen molar-refractivity contribution in [1.29, 1.82) is 0 Å². The molecule has 0 aliphatic carbocycles. The summed E-state index contributed by atoms with van der Waals surface area (Å²) in [4.78, 5) is 19.8. The second-order valence-corrected chi connectivity index (χ2v) is 7.93. The van der Waals surface area contributed by atoms with Crippen molar-refractivity contribution in [2.24, 2.45) is 5.10 Å². The van der Waals surface area contributed by atoms with Gasteiger partial charge in [0.05, 0.1) is 21.5 Å². The Hall–Kier alpha value is -2.99. The van der Waals surface area contributed by atoms with Gasteiger partial charge in [0.2, 0.25) is 5.13 Å². The maximum Gasteiger partial charge on any atom is 0.282 e. The monoisotopic (exact) mass is 390 g/mol. The van der Waals surface area contributed by atoms with E-state index in [1.54, 1.807) is 0 Å². The molecule has 0 saturated carbocycles. The molecule has 2 aromatic carbocycles. The first-order valence-electron chi connectivity index (χ1n) is 9.34. The minimum atomic E-state index is -0.112. The van der Waals surface area contributed by atoms with Gasteiger partial charge in [-0.05, 0) is 42.3 Å². The molecule has 0 atom stereocenters. The van der Waals surface area contributed by atoms with E-state index in [4.69, 9.17) is 0 Å². The quantitative estimate of drug-likeness (QED) is 0.579. The van der Waals surface area contributed by atoms with E-state index < -0.39 is 0 Å². The fourth-order valence-electron chi connectivity index (χ4n) is 3.14. The Bertz CT molecular complexity index is 1050. The number of hydrogen-bond acceptors (Lipinski definition) is 5. The number of amides is 1. The first-order valence-corrected chi connectivity index (χ1v) is 10.2. The lowest BCUT2D eigenvalue weighted by Crippen LogP contribution is -2.21. The van der Waals surface area contributed by atoms with Crippen molar-refractivity contribution < 1.29 is 4.79 Å². The zero-order valence-corrected chi connectivity index (χ0v) is 17.0. The Labute approximate surface area is 168 Å². The zero-order valence-electron chi connectivity index (χ0n) is 16.2. The van der Waals surface area contributed by atoms with Gasteiger partial charge in [0.15, 0.2) is 0 Å². The average molecular weight is 391 g/mol. The summed E-state index contributed by atoms with van der Waals surface area (Å²) in [5, 5.41) is 6.69. The number of rotatable bonds is 5. The molecule has 0 N–H and O–H groups in total. The Kier molecular flexibility index (Phi) is 4.96. The highest BCUT2D eigenvalue weighted by Gasteiger charge is 2.32. The molecule has 142 valence electrons. The molecule has 0 radical (unpaired) electrons. The number of fused-ring (bicyclic) bond motifs is 1. The summed E-state index contributed by atoms with van der Waals surface area (Å²) >= 11 is 1.49. The van der Waals surface area contributed by atoms with Gasteiger partial charge in [-0.25, -0.2) is 4.98 Å². The number of anilines is 2. The summed E-state index contributed by atoms with van der Waals surface area (Å²) in [7, 11) is 4.02. The Balaban J connectivity index is 1.69. The molecule has 28 heavy (non-hydrogen) atoms. The van der Waals surface area contributed by atoms with Gasteiger partial charge in [-0.2, -0.15) is 10.1 Å². The number of nitrogens with zero attached hydrogens (tertiary/aromatic N) is 4. The second-order valence-electron chi connectivity index (χ2n) is 6.92. The summed E-state index contributed by atoms with van der Waals surface area (Å²) in [5.74, 6) is -0.112. The molecule has 2 heterocycles. The number of hydrazone groups is 1. The largest absolute Gasteiger partial charge is 0.378 e. The van der Waals surface area contributed by atoms with E-state index in [1.807, 2.05) is 68.7 Å². The van der Waals surface area contributed by atoms with Gasteiger partial charge in [0.25, 0.3) is 5.91 Å². The average Bonchev–Trinajstić information content (AvgIpc) is 3.25. The summed E-state index contributed by atoms with van der Waals surface area (Å²) in [6, 6.07) is 16.0. The van der Waals surface area contributed by atoms with Gasteiger partial charge in [-0.1, -0.05) is 48.9 Å². The normalized spacial score (nSPS) is 15.5. The number of carbonyl (C=O) groups is 1. The molecule has 0 bridgehead atoms. The lowest BCUT2D eigenvalue weighted by Gasteiger charge is -2.12. The lowest BCUT2D eigenvalue weighted by atomic mass is 10.0. The van der Waals surface area contributed by atoms with Crippen LogP contribution in [0.2, 0.25) is 0 Å². The van der Waals surface area contributed by atoms with Crippen LogP contribution in [-0.4, -0.2) is 30.7 Å². The fourth-order valence-corrected chi connectivity index (χ4v) is 4.06. The van der Waals surface area contributed by atoms with Gasteiger partial charge in [0, 0.05) is 19.8 Å². The van der Waals surface area contributed by atoms with Crippen LogP contribution in [0.4, 0.5) is 10.8 Å². The smallest absolute Gasteiger partial charge is 0.282 e. The van der Waals surface area contributed by atoms with Crippen molar-refractivity contribution in [2.75, 3.05) is 24.0 Å². The van der Waals surface area contributed by atoms with Gasteiger partial charge < -0.3 is 4.90 Å². The van der Waals surface area contributed by atoms with E-state index in [2.05, 4.69) is 21.9 Å². The number of thiazole rings is 1. The van der Waals surface area contributed by atoms with Crippen LogP contribution in [0.15, 0.2) is 59.2 Å². The molecule has 4 rings (SSSR count). The zero-order chi connectivity index (χ0) is 19.7. The first kappa shape index (κ1) is 18.4. The van der Waals surface area contributed by atoms with E-state index in [9.17, 15) is 4.79 Å². The van der Waals surface area contributed by atoms with E-state index in [-0.39, 0.29) is 5.91 Å². The molecule has 1 aliphatic heterocycles. The summed E-state index contributed by atoms with van der Waals surface area (Å²) in [5.41, 5.74) is 4.48. The minimum absolute atomic E-state index is 0.112. The van der Waals surface area contributed by atoms with Gasteiger partial charge in [-0.15, -0.1) is 0 Å². The highest BCUT2D eigenvalue weighted by Crippen LogP contribution is 2.33. The van der Waals surface area contributed by atoms with E-state index in [0.29, 0.717) is 10.7 Å². The standard InChI is InChI=1S/C22H22N4OS/c1-4-7-18-17(14-15-10-12-16(13-11-15)25(2)3)21(27)26(24-18)22-23-19-8-5-6-9-20(19)28-22/h5-6,8-14H,4,7H2,1-3H3. The predicted molar refractivity (Wildman–Crippen MR) is 118 cm³/mol. The third-order valence-corrected chi connectivity index (χ3v) is 5.64. The van der Waals surface area contributed by atoms with Crippen LogP contribution in [-0.2, 0) is 4.79 Å². The molecular weight excluding hydrogens is 368 g/mol. The summed E-state index contributed by atoms with van der Waals surface area (Å²) < 4.78 is 1.05. The van der Waals surface area contributed by atoms with E-state index in [1.165, 1.54) is 16.3 Å². The van der Waals surface area contributed by atoms with Crippen LogP contribution < -0.4 is 9.91 Å². The fraction of sp³-hybridized carbons (Fsp3) is 0.227. The highest BCUT2D eigenvalue weighted by atomic mass is 32.1. The van der Waals surface area contributed by atoms with E-state index >= 15 is 0 Å². The molecular formula is C22H22N4OS. The summed E-state index contributed by atoms with van der Waals surface area (Å²) in [6.07, 6.45) is 3.62. The summed E-state index contributed by atoms with van der Waals surface area (Å²) in [6.45, 7) is 2.09. The predicted octanol–water partition coefficient (Wildman–Crippen LogP) is 4.95. The van der Waals surface area contributed by atoms with Crippen LogP contribution in [0.25, 0.3) is 16.3 Å². The number of aromatic nitrogens is 1. The third kappa shape index (κ3) is 3.43. The molecule has 6 heteroatoms. The molecule has 0 saturated heterocycles. The van der Waals surface area contributed by atoms with Crippen LogP contribution in [0.1, 0.15) is 25.3 Å². The SMILES string of the molecule is CCCC1=NN(c2nc3ccccc3s2)C(=O)C1=Cc1ccc(N(C)C)cc1. The van der Waals surface area contributed by atoms with Crippen LogP contribution in [0.5, 0.6) is 0 Å². The van der Waals surface area contributed by atoms with Crippen LogP contribution >= 0.6 is 11.3 Å². The van der Waals surface area contributed by atoms with Gasteiger partial charge >= 0.3 is 0 Å². The van der Waals surface area contributed by atoms with Gasteiger partial charge in [-0.3, -0.25) is 4.79 Å². The number of carbonyl (C=O) groups excluding carboxylic acids is 1. The molecule has 1 aliphatic rings. The highest BCUT2D eigenvalue weighted by molar-refractivity contribution is 7.22. The molecule has 1 amide bonds. The van der Waals surface area contributed by atoms with Crippen molar-refractivity contribution in [3.63, 3.8) is 0 Å². The topological polar surface area (TPSA) is 48.8 Å². The van der Waals surface area contributed by atoms with E-state index in [0.717, 1.165) is 40.0 Å². The number of hydrogen-bond donors (Lipinski definition) is 0. The van der Waals surface area contributed by atoms with Crippen molar-refractivity contribution in [3.05, 3.63) is 59.7 Å². The molecule has 0 unspecified atom stereocenters. The second kappa shape index (κ2) is 7.56. The van der Waals surface area contributed by atoms with Crippen molar-refractivity contribution in [3.8, 4) is 0 Å². The molecule has 3 aromatic rings. The molecule has 5 nitrogen and oxygen atoms in total.